The van der Waals surface area contributed by atoms with Gasteiger partial charge in [0, 0.05) is 37.0 Å². The summed E-state index contributed by atoms with van der Waals surface area (Å²) in [7, 11) is 0. The molecule has 1 saturated carbocycles. The maximum atomic E-state index is 14.1. The Morgan fingerprint density at radius 3 is 2.65 bits per heavy atom. The van der Waals surface area contributed by atoms with Crippen LogP contribution in [0, 0.1) is 23.5 Å². The van der Waals surface area contributed by atoms with E-state index < -0.39 is 6.10 Å². The van der Waals surface area contributed by atoms with Crippen LogP contribution >= 0.6 is 0 Å². The van der Waals surface area contributed by atoms with E-state index in [0.717, 1.165) is 5.56 Å². The lowest BCUT2D eigenvalue weighted by Crippen LogP contribution is -2.36. The van der Waals surface area contributed by atoms with Crippen LogP contribution in [0.2, 0.25) is 0 Å². The van der Waals surface area contributed by atoms with Crippen LogP contribution in [0.5, 0.6) is 0 Å². The van der Waals surface area contributed by atoms with Crippen LogP contribution in [0.3, 0.4) is 0 Å². The number of nitrogens with zero attached hydrogens (tertiary/aromatic N) is 2. The predicted molar refractivity (Wildman–Crippen MR) is 113 cm³/mol. The first-order chi connectivity index (χ1) is 15.0. The van der Waals surface area contributed by atoms with Crippen molar-refractivity contribution in [1.82, 2.24) is 15.3 Å². The van der Waals surface area contributed by atoms with E-state index in [1.54, 1.807) is 36.5 Å². The zero-order valence-corrected chi connectivity index (χ0v) is 17.0. The van der Waals surface area contributed by atoms with Gasteiger partial charge in [0.05, 0.1) is 11.7 Å². The van der Waals surface area contributed by atoms with E-state index in [2.05, 4.69) is 15.3 Å². The largest absolute Gasteiger partial charge is 0.396 e. The number of benzene rings is 2. The second kappa shape index (κ2) is 9.60. The summed E-state index contributed by atoms with van der Waals surface area (Å²) < 4.78 is 27.6. The summed E-state index contributed by atoms with van der Waals surface area (Å²) in [6.07, 6.45) is 1.93. The minimum absolute atomic E-state index is 0.0812. The van der Waals surface area contributed by atoms with Crippen LogP contribution < -0.4 is 5.32 Å². The number of aromatic nitrogens is 2. The van der Waals surface area contributed by atoms with Crippen LogP contribution in [-0.4, -0.2) is 38.9 Å². The van der Waals surface area contributed by atoms with Gasteiger partial charge in [0.1, 0.15) is 11.6 Å². The van der Waals surface area contributed by atoms with E-state index in [9.17, 15) is 19.0 Å². The highest BCUT2D eigenvalue weighted by Crippen LogP contribution is 2.35. The van der Waals surface area contributed by atoms with Gasteiger partial charge < -0.3 is 15.5 Å². The molecule has 1 heterocycles. The Morgan fingerprint density at radius 1 is 1.03 bits per heavy atom. The van der Waals surface area contributed by atoms with Gasteiger partial charge in [-0.05, 0) is 54.7 Å². The Labute approximate surface area is 179 Å². The van der Waals surface area contributed by atoms with Gasteiger partial charge in [-0.25, -0.2) is 18.7 Å². The first-order valence-electron chi connectivity index (χ1n) is 10.4. The fourth-order valence-electron chi connectivity index (χ4n) is 4.40. The lowest BCUT2D eigenvalue weighted by Gasteiger charge is -2.25. The van der Waals surface area contributed by atoms with E-state index in [1.807, 2.05) is 6.07 Å². The number of hydrogen-bond acceptors (Lipinski definition) is 5. The Kier molecular flexibility index (Phi) is 6.65. The lowest BCUT2D eigenvalue weighted by molar-refractivity contribution is 0.0716. The average molecular weight is 425 g/mol. The summed E-state index contributed by atoms with van der Waals surface area (Å²) in [5, 5.41) is 23.8. The molecule has 4 atom stereocenters. The molecule has 0 bridgehead atoms. The molecular weight excluding hydrogens is 400 g/mol. The lowest BCUT2D eigenvalue weighted by atomic mass is 9.88. The molecule has 0 radical (unpaired) electrons. The van der Waals surface area contributed by atoms with E-state index in [0.29, 0.717) is 36.5 Å². The van der Waals surface area contributed by atoms with E-state index in [1.165, 1.54) is 18.2 Å². The molecule has 5 nitrogen and oxygen atoms in total. The molecule has 7 heteroatoms. The molecule has 0 saturated heterocycles. The number of hydrogen-bond donors (Lipinski definition) is 3. The third-order valence-corrected chi connectivity index (χ3v) is 6.00. The van der Waals surface area contributed by atoms with E-state index in [-0.39, 0.29) is 36.1 Å². The summed E-state index contributed by atoms with van der Waals surface area (Å²) in [4.78, 5) is 8.74. The summed E-state index contributed by atoms with van der Waals surface area (Å²) in [6, 6.07) is 14.4. The number of nitrogens with one attached hydrogen (secondary N) is 1. The van der Waals surface area contributed by atoms with Crippen LogP contribution in [-0.2, 0) is 13.0 Å². The molecule has 162 valence electrons. The van der Waals surface area contributed by atoms with Gasteiger partial charge in [-0.2, -0.15) is 0 Å². The quantitative estimate of drug-likeness (QED) is 0.542. The standard InChI is InChI=1S/C24H25F2N3O2/c25-16-5-3-4-15(10-16)13-28-22-12-23(31)20(14-30)19(22)11-17-8-9-27-24(29-17)18-6-1-2-7-21(18)26/h1-10,19-20,22-23,28,30-31H,11-14H2. The molecule has 1 aromatic heterocycles. The number of halogens is 2. The fourth-order valence-corrected chi connectivity index (χ4v) is 4.40. The molecule has 0 amide bonds. The molecule has 3 aromatic rings. The number of rotatable bonds is 7. The summed E-state index contributed by atoms with van der Waals surface area (Å²) in [5.74, 6) is -0.774. The van der Waals surface area contributed by atoms with E-state index in [4.69, 9.17) is 0 Å². The number of aliphatic hydroxyl groups is 2. The van der Waals surface area contributed by atoms with Crippen molar-refractivity contribution in [2.75, 3.05) is 6.61 Å². The fraction of sp³-hybridized carbons (Fsp3) is 0.333. The SMILES string of the molecule is OCC1C(O)CC(NCc2cccc(F)c2)C1Cc1ccnc(-c2ccccc2F)n1. The molecule has 4 rings (SSSR count). The van der Waals surface area contributed by atoms with Crippen LogP contribution in [0.15, 0.2) is 60.8 Å². The topological polar surface area (TPSA) is 78.3 Å². The van der Waals surface area contributed by atoms with Gasteiger partial charge in [0.15, 0.2) is 5.82 Å². The summed E-state index contributed by atoms with van der Waals surface area (Å²) >= 11 is 0. The molecule has 0 spiro atoms. The van der Waals surface area contributed by atoms with E-state index >= 15 is 0 Å². The van der Waals surface area contributed by atoms with Crippen molar-refractivity contribution in [2.45, 2.75) is 31.5 Å². The summed E-state index contributed by atoms with van der Waals surface area (Å²) in [5.41, 5.74) is 1.85. The van der Waals surface area contributed by atoms with Crippen molar-refractivity contribution < 1.29 is 19.0 Å². The van der Waals surface area contributed by atoms with Crippen molar-refractivity contribution in [1.29, 1.82) is 0 Å². The van der Waals surface area contributed by atoms with Crippen molar-refractivity contribution in [3.8, 4) is 11.4 Å². The zero-order chi connectivity index (χ0) is 21.8. The molecular formula is C24H25F2N3O2. The number of aliphatic hydroxyl groups excluding tert-OH is 2. The van der Waals surface area contributed by atoms with Crippen molar-refractivity contribution in [3.63, 3.8) is 0 Å². The maximum absolute atomic E-state index is 14.1. The maximum Gasteiger partial charge on any atom is 0.162 e. The monoisotopic (exact) mass is 425 g/mol. The zero-order valence-electron chi connectivity index (χ0n) is 17.0. The Hall–Kier alpha value is -2.74. The molecule has 31 heavy (non-hydrogen) atoms. The molecule has 2 aromatic carbocycles. The van der Waals surface area contributed by atoms with Crippen molar-refractivity contribution >= 4 is 0 Å². The van der Waals surface area contributed by atoms with Gasteiger partial charge >= 0.3 is 0 Å². The first kappa shape index (κ1) is 21.5. The third kappa shape index (κ3) is 4.95. The minimum Gasteiger partial charge on any atom is -0.396 e. The Bertz CT molecular complexity index is 1030. The molecule has 1 fully saturated rings. The van der Waals surface area contributed by atoms with Gasteiger partial charge in [-0.1, -0.05) is 24.3 Å². The first-order valence-corrected chi connectivity index (χ1v) is 10.4. The second-order valence-electron chi connectivity index (χ2n) is 7.99. The highest BCUT2D eigenvalue weighted by molar-refractivity contribution is 5.55. The Morgan fingerprint density at radius 2 is 1.87 bits per heavy atom. The van der Waals surface area contributed by atoms with Crippen LogP contribution in [0.25, 0.3) is 11.4 Å². The van der Waals surface area contributed by atoms with Crippen molar-refractivity contribution in [2.24, 2.45) is 11.8 Å². The molecule has 1 aliphatic rings. The minimum atomic E-state index is -0.645. The molecule has 3 N–H and O–H groups in total. The van der Waals surface area contributed by atoms with Gasteiger partial charge in [-0.3, -0.25) is 0 Å². The second-order valence-corrected chi connectivity index (χ2v) is 7.99. The van der Waals surface area contributed by atoms with Crippen molar-refractivity contribution in [3.05, 3.63) is 83.7 Å². The molecule has 0 aliphatic heterocycles. The van der Waals surface area contributed by atoms with Gasteiger partial charge in [-0.15, -0.1) is 0 Å². The third-order valence-electron chi connectivity index (χ3n) is 6.00. The highest BCUT2D eigenvalue weighted by atomic mass is 19.1. The Balaban J connectivity index is 1.53. The van der Waals surface area contributed by atoms with Gasteiger partial charge in [0.25, 0.3) is 0 Å². The smallest absolute Gasteiger partial charge is 0.162 e. The van der Waals surface area contributed by atoms with Crippen LogP contribution in [0.4, 0.5) is 8.78 Å². The summed E-state index contributed by atoms with van der Waals surface area (Å²) in [6.45, 7) is 0.309. The van der Waals surface area contributed by atoms with Gasteiger partial charge in [0.2, 0.25) is 0 Å². The average Bonchev–Trinajstić information content (AvgIpc) is 3.07. The molecule has 1 aliphatic carbocycles. The highest BCUT2D eigenvalue weighted by Gasteiger charge is 2.42. The normalized spacial score (nSPS) is 23.2. The predicted octanol–water partition coefficient (Wildman–Crippen LogP) is 3.11. The van der Waals surface area contributed by atoms with Crippen LogP contribution in [0.1, 0.15) is 17.7 Å². The molecule has 4 unspecified atom stereocenters.